The number of pyridine rings is 1. The van der Waals surface area contributed by atoms with Gasteiger partial charge in [0.05, 0.1) is 0 Å². The third-order valence-electron chi connectivity index (χ3n) is 2.31. The van der Waals surface area contributed by atoms with Crippen LogP contribution in [0.2, 0.25) is 0 Å². The van der Waals surface area contributed by atoms with Crippen molar-refractivity contribution in [3.63, 3.8) is 0 Å². The Labute approximate surface area is 94.1 Å². The number of aromatic hydroxyl groups is 1. The molecule has 0 fully saturated rings. The van der Waals surface area contributed by atoms with E-state index < -0.39 is 0 Å². The van der Waals surface area contributed by atoms with Crippen LogP contribution in [0.15, 0.2) is 30.5 Å². The summed E-state index contributed by atoms with van der Waals surface area (Å²) in [7, 11) is 0. The lowest BCUT2D eigenvalue weighted by molar-refractivity contribution is 0.476. The Bertz CT molecular complexity index is 543. The summed E-state index contributed by atoms with van der Waals surface area (Å²) in [6.07, 6.45) is 7.56. The van der Waals surface area contributed by atoms with Crippen LogP contribution in [-0.2, 0) is 0 Å². The van der Waals surface area contributed by atoms with Crippen molar-refractivity contribution in [2.45, 2.75) is 6.42 Å². The monoisotopic (exact) mass is 212 g/mol. The lowest BCUT2D eigenvalue weighted by Crippen LogP contribution is -2.02. The van der Waals surface area contributed by atoms with Gasteiger partial charge in [-0.05, 0) is 23.6 Å². The van der Waals surface area contributed by atoms with Crippen molar-refractivity contribution in [1.29, 1.82) is 0 Å². The third kappa shape index (κ3) is 2.06. The Balaban J connectivity index is 2.37. The number of benzene rings is 1. The van der Waals surface area contributed by atoms with Crippen LogP contribution in [-0.4, -0.2) is 16.6 Å². The predicted molar refractivity (Wildman–Crippen MR) is 65.3 cm³/mol. The molecule has 2 aromatic rings. The predicted octanol–water partition coefficient (Wildman–Crippen LogP) is 2.38. The average molecular weight is 212 g/mol. The topological polar surface area (TPSA) is 45.2 Å². The molecule has 0 amide bonds. The summed E-state index contributed by atoms with van der Waals surface area (Å²) in [6, 6.07) is 7.12. The minimum Gasteiger partial charge on any atom is -0.508 e. The highest BCUT2D eigenvalue weighted by atomic mass is 16.3. The van der Waals surface area contributed by atoms with Gasteiger partial charge >= 0.3 is 0 Å². The summed E-state index contributed by atoms with van der Waals surface area (Å²) < 4.78 is 0. The Morgan fingerprint density at radius 2 is 2.25 bits per heavy atom. The average Bonchev–Trinajstić information content (AvgIpc) is 2.30. The van der Waals surface area contributed by atoms with E-state index in [1.165, 1.54) is 0 Å². The first-order valence-corrected chi connectivity index (χ1v) is 5.06. The Morgan fingerprint density at radius 1 is 1.38 bits per heavy atom. The molecule has 0 aliphatic heterocycles. The molecule has 1 aromatic heterocycles. The number of hydrogen-bond acceptors (Lipinski definition) is 3. The number of phenolic OH excluding ortho intramolecular Hbond substituents is 1. The Kier molecular flexibility index (Phi) is 2.93. The second-order valence-corrected chi connectivity index (χ2v) is 3.45. The van der Waals surface area contributed by atoms with Crippen molar-refractivity contribution in [1.82, 2.24) is 4.98 Å². The van der Waals surface area contributed by atoms with Crippen molar-refractivity contribution in [2.24, 2.45) is 0 Å². The fourth-order valence-electron chi connectivity index (χ4n) is 1.55. The molecule has 0 unspecified atom stereocenters. The molecule has 0 saturated carbocycles. The van der Waals surface area contributed by atoms with Gasteiger partial charge in [0.25, 0.3) is 0 Å². The molecule has 16 heavy (non-hydrogen) atoms. The van der Waals surface area contributed by atoms with E-state index in [1.807, 2.05) is 12.1 Å². The molecule has 0 spiro atoms. The number of nitrogens with one attached hydrogen (secondary N) is 1. The molecular weight excluding hydrogens is 200 g/mol. The first kappa shape index (κ1) is 10.3. The number of rotatable bonds is 3. The summed E-state index contributed by atoms with van der Waals surface area (Å²) in [6.45, 7) is 0.679. The van der Waals surface area contributed by atoms with Crippen molar-refractivity contribution >= 4 is 16.6 Å². The standard InChI is InChI=1S/C13H12N2O/c1-2-3-7-14-13-12-9-11(16)5-4-10(12)6-8-15-13/h1,4-6,8-9,16H,3,7H2,(H,14,15). The van der Waals surface area contributed by atoms with Gasteiger partial charge < -0.3 is 10.4 Å². The maximum Gasteiger partial charge on any atom is 0.133 e. The minimum atomic E-state index is 0.237. The normalized spacial score (nSPS) is 9.94. The van der Waals surface area contributed by atoms with E-state index in [1.54, 1.807) is 18.3 Å². The van der Waals surface area contributed by atoms with Gasteiger partial charge in [-0.15, -0.1) is 12.3 Å². The summed E-state index contributed by atoms with van der Waals surface area (Å²) in [5.41, 5.74) is 0. The summed E-state index contributed by atoms with van der Waals surface area (Å²) in [5.74, 6) is 3.55. The second kappa shape index (κ2) is 4.54. The van der Waals surface area contributed by atoms with E-state index in [4.69, 9.17) is 6.42 Å². The van der Waals surface area contributed by atoms with Crippen LogP contribution < -0.4 is 5.32 Å². The highest BCUT2D eigenvalue weighted by molar-refractivity contribution is 5.92. The number of anilines is 1. The van der Waals surface area contributed by atoms with Gasteiger partial charge in [0, 0.05) is 24.5 Å². The summed E-state index contributed by atoms with van der Waals surface area (Å²) in [5, 5.41) is 14.5. The van der Waals surface area contributed by atoms with E-state index in [9.17, 15) is 5.11 Å². The van der Waals surface area contributed by atoms with Crippen LogP contribution in [0.25, 0.3) is 10.8 Å². The zero-order valence-corrected chi connectivity index (χ0v) is 8.77. The van der Waals surface area contributed by atoms with E-state index in [2.05, 4.69) is 16.2 Å². The van der Waals surface area contributed by atoms with Gasteiger partial charge in [0.1, 0.15) is 11.6 Å². The zero-order chi connectivity index (χ0) is 11.4. The largest absolute Gasteiger partial charge is 0.508 e. The molecular formula is C13H12N2O. The van der Waals surface area contributed by atoms with Gasteiger partial charge in [-0.3, -0.25) is 0 Å². The third-order valence-corrected chi connectivity index (χ3v) is 2.31. The zero-order valence-electron chi connectivity index (χ0n) is 8.77. The van der Waals surface area contributed by atoms with Crippen molar-refractivity contribution in [3.05, 3.63) is 30.5 Å². The molecule has 1 heterocycles. The molecule has 0 radical (unpaired) electrons. The van der Waals surface area contributed by atoms with Crippen LogP contribution in [0, 0.1) is 12.3 Å². The first-order valence-electron chi connectivity index (χ1n) is 5.06. The van der Waals surface area contributed by atoms with Crippen molar-refractivity contribution in [2.75, 3.05) is 11.9 Å². The van der Waals surface area contributed by atoms with Crippen LogP contribution in [0.1, 0.15) is 6.42 Å². The number of aromatic nitrogens is 1. The molecule has 80 valence electrons. The number of fused-ring (bicyclic) bond motifs is 1. The number of terminal acetylenes is 1. The lowest BCUT2D eigenvalue weighted by Gasteiger charge is -2.07. The SMILES string of the molecule is C#CCCNc1nccc2ccc(O)cc12. The fraction of sp³-hybridized carbons (Fsp3) is 0.154. The molecule has 1 aromatic carbocycles. The number of nitrogens with zero attached hydrogens (tertiary/aromatic N) is 1. The van der Waals surface area contributed by atoms with E-state index >= 15 is 0 Å². The molecule has 0 aliphatic carbocycles. The Morgan fingerprint density at radius 3 is 3.06 bits per heavy atom. The molecule has 0 saturated heterocycles. The number of phenols is 1. The van der Waals surface area contributed by atoms with Crippen LogP contribution in [0.4, 0.5) is 5.82 Å². The van der Waals surface area contributed by atoms with Crippen LogP contribution in [0.3, 0.4) is 0 Å². The van der Waals surface area contributed by atoms with E-state index in [-0.39, 0.29) is 5.75 Å². The quantitative estimate of drug-likeness (QED) is 0.606. The van der Waals surface area contributed by atoms with Crippen molar-refractivity contribution < 1.29 is 5.11 Å². The molecule has 2 N–H and O–H groups in total. The second-order valence-electron chi connectivity index (χ2n) is 3.45. The Hall–Kier alpha value is -2.21. The molecule has 0 atom stereocenters. The maximum absolute atomic E-state index is 9.44. The smallest absolute Gasteiger partial charge is 0.133 e. The van der Waals surface area contributed by atoms with Gasteiger partial charge in [0.15, 0.2) is 0 Å². The van der Waals surface area contributed by atoms with Gasteiger partial charge in [0.2, 0.25) is 0 Å². The van der Waals surface area contributed by atoms with Crippen LogP contribution in [0.5, 0.6) is 5.75 Å². The maximum atomic E-state index is 9.44. The van der Waals surface area contributed by atoms with Crippen molar-refractivity contribution in [3.8, 4) is 18.1 Å². The molecule has 3 heteroatoms. The fourth-order valence-corrected chi connectivity index (χ4v) is 1.55. The summed E-state index contributed by atoms with van der Waals surface area (Å²) in [4.78, 5) is 4.23. The minimum absolute atomic E-state index is 0.237. The van der Waals surface area contributed by atoms with Gasteiger partial charge in [-0.25, -0.2) is 4.98 Å². The highest BCUT2D eigenvalue weighted by Gasteiger charge is 2.02. The highest BCUT2D eigenvalue weighted by Crippen LogP contribution is 2.24. The first-order chi connectivity index (χ1) is 7.81. The van der Waals surface area contributed by atoms with Crippen LogP contribution >= 0.6 is 0 Å². The molecule has 0 aliphatic rings. The van der Waals surface area contributed by atoms with Gasteiger partial charge in [-0.2, -0.15) is 0 Å². The molecule has 0 bridgehead atoms. The van der Waals surface area contributed by atoms with Gasteiger partial charge in [-0.1, -0.05) is 6.07 Å². The molecule has 3 nitrogen and oxygen atoms in total. The number of hydrogen-bond donors (Lipinski definition) is 2. The lowest BCUT2D eigenvalue weighted by atomic mass is 10.1. The van der Waals surface area contributed by atoms with E-state index in [0.29, 0.717) is 13.0 Å². The summed E-state index contributed by atoms with van der Waals surface area (Å²) >= 11 is 0. The van der Waals surface area contributed by atoms with E-state index in [0.717, 1.165) is 16.6 Å². The molecule has 2 rings (SSSR count).